The summed E-state index contributed by atoms with van der Waals surface area (Å²) >= 11 is 0. The molecule has 0 aliphatic carbocycles. The minimum Gasteiger partial charge on any atom is -0.465 e. The zero-order valence-electron chi connectivity index (χ0n) is 13.5. The predicted octanol–water partition coefficient (Wildman–Crippen LogP) is 3.55. The molecule has 1 unspecified atom stereocenters. The van der Waals surface area contributed by atoms with Crippen LogP contribution in [-0.4, -0.2) is 28.2 Å². The van der Waals surface area contributed by atoms with Crippen molar-refractivity contribution in [2.45, 2.75) is 57.7 Å². The summed E-state index contributed by atoms with van der Waals surface area (Å²) < 4.78 is 17.3. The van der Waals surface area contributed by atoms with Crippen molar-refractivity contribution >= 4 is 0 Å². The second-order valence-corrected chi connectivity index (χ2v) is 6.47. The molecule has 23 heavy (non-hydrogen) atoms. The summed E-state index contributed by atoms with van der Waals surface area (Å²) in [6.07, 6.45) is 5.46. The third-order valence-electron chi connectivity index (χ3n) is 4.72. The predicted molar refractivity (Wildman–Crippen MR) is 82.7 cm³/mol. The van der Waals surface area contributed by atoms with E-state index in [2.05, 4.69) is 15.1 Å². The highest BCUT2D eigenvalue weighted by atomic mass is 16.5. The van der Waals surface area contributed by atoms with E-state index in [-0.39, 0.29) is 12.1 Å². The van der Waals surface area contributed by atoms with E-state index in [1.807, 2.05) is 19.1 Å². The van der Waals surface area contributed by atoms with Crippen molar-refractivity contribution < 1.29 is 13.6 Å². The molecule has 2 aromatic heterocycles. The SMILES string of the molecule is Cc1ccc(CN2CCCCC2c2nnc([C@H]3CCCO3)o2)o1. The van der Waals surface area contributed by atoms with Gasteiger partial charge in [-0.05, 0) is 51.3 Å². The molecule has 0 spiro atoms. The van der Waals surface area contributed by atoms with Gasteiger partial charge in [0.1, 0.15) is 17.6 Å². The van der Waals surface area contributed by atoms with Gasteiger partial charge in [0.25, 0.3) is 0 Å². The van der Waals surface area contributed by atoms with Gasteiger partial charge in [-0.15, -0.1) is 10.2 Å². The molecule has 0 saturated carbocycles. The van der Waals surface area contributed by atoms with Crippen molar-refractivity contribution in [3.63, 3.8) is 0 Å². The molecular weight excluding hydrogens is 294 g/mol. The van der Waals surface area contributed by atoms with Crippen LogP contribution in [0.3, 0.4) is 0 Å². The number of hydrogen-bond donors (Lipinski definition) is 0. The molecule has 0 radical (unpaired) electrons. The van der Waals surface area contributed by atoms with Crippen LogP contribution < -0.4 is 0 Å². The van der Waals surface area contributed by atoms with Crippen LogP contribution in [0.25, 0.3) is 0 Å². The first kappa shape index (κ1) is 14.9. The lowest BCUT2D eigenvalue weighted by Gasteiger charge is -2.32. The van der Waals surface area contributed by atoms with E-state index >= 15 is 0 Å². The number of hydrogen-bond acceptors (Lipinski definition) is 6. The second-order valence-electron chi connectivity index (χ2n) is 6.47. The number of ether oxygens (including phenoxy) is 1. The van der Waals surface area contributed by atoms with Crippen LogP contribution in [0, 0.1) is 6.92 Å². The number of aryl methyl sites for hydroxylation is 1. The first-order valence-corrected chi connectivity index (χ1v) is 8.54. The monoisotopic (exact) mass is 317 g/mol. The summed E-state index contributed by atoms with van der Waals surface area (Å²) in [5.41, 5.74) is 0. The second kappa shape index (κ2) is 6.45. The van der Waals surface area contributed by atoms with E-state index in [9.17, 15) is 0 Å². The van der Waals surface area contributed by atoms with E-state index in [4.69, 9.17) is 13.6 Å². The Bertz CT molecular complexity index is 645. The number of likely N-dealkylation sites (tertiary alicyclic amines) is 1. The average Bonchev–Trinajstić information content (AvgIpc) is 3.28. The lowest BCUT2D eigenvalue weighted by molar-refractivity contribution is 0.0778. The molecule has 2 saturated heterocycles. The quantitative estimate of drug-likeness (QED) is 0.859. The lowest BCUT2D eigenvalue weighted by atomic mass is 10.0. The van der Waals surface area contributed by atoms with Crippen molar-refractivity contribution in [1.82, 2.24) is 15.1 Å². The van der Waals surface area contributed by atoms with E-state index in [0.717, 1.165) is 56.4 Å². The highest BCUT2D eigenvalue weighted by Gasteiger charge is 2.31. The molecule has 4 rings (SSSR count). The molecule has 0 bridgehead atoms. The summed E-state index contributed by atoms with van der Waals surface area (Å²) in [6.45, 7) is 4.58. The maximum Gasteiger partial charge on any atom is 0.245 e. The Morgan fingerprint density at radius 1 is 1.09 bits per heavy atom. The summed E-state index contributed by atoms with van der Waals surface area (Å²) in [6, 6.07) is 4.24. The van der Waals surface area contributed by atoms with E-state index in [1.54, 1.807) is 0 Å². The molecular formula is C17H23N3O3. The minimum atomic E-state index is -0.0130. The Hall–Kier alpha value is -1.66. The fraction of sp³-hybridized carbons (Fsp3) is 0.647. The largest absolute Gasteiger partial charge is 0.465 e. The van der Waals surface area contributed by atoms with Gasteiger partial charge in [-0.2, -0.15) is 0 Å². The van der Waals surface area contributed by atoms with Gasteiger partial charge in [0.05, 0.1) is 12.6 Å². The first-order valence-electron chi connectivity index (χ1n) is 8.54. The Labute approximate surface area is 135 Å². The first-order chi connectivity index (χ1) is 11.3. The van der Waals surface area contributed by atoms with Crippen LogP contribution in [0.4, 0.5) is 0 Å². The molecule has 2 aliphatic heterocycles. The van der Waals surface area contributed by atoms with Gasteiger partial charge < -0.3 is 13.6 Å². The summed E-state index contributed by atoms with van der Waals surface area (Å²) in [4.78, 5) is 2.38. The normalized spacial score (nSPS) is 26.0. The zero-order chi connectivity index (χ0) is 15.6. The smallest absolute Gasteiger partial charge is 0.245 e. The standard InChI is InChI=1S/C17H23N3O3/c1-12-7-8-13(22-12)11-20-9-3-2-5-14(20)16-18-19-17(23-16)15-6-4-10-21-15/h7-8,14-15H,2-6,9-11H2,1H3/t14?,15-/m1/s1. The molecule has 2 fully saturated rings. The van der Waals surface area contributed by atoms with Gasteiger partial charge in [-0.25, -0.2) is 0 Å². The maximum absolute atomic E-state index is 5.96. The van der Waals surface area contributed by atoms with E-state index < -0.39 is 0 Å². The molecule has 0 aromatic carbocycles. The van der Waals surface area contributed by atoms with Crippen LogP contribution >= 0.6 is 0 Å². The van der Waals surface area contributed by atoms with Gasteiger partial charge >= 0.3 is 0 Å². The third kappa shape index (κ3) is 3.19. The summed E-state index contributed by atoms with van der Waals surface area (Å²) in [5, 5.41) is 8.54. The number of piperidine rings is 1. The van der Waals surface area contributed by atoms with E-state index in [0.29, 0.717) is 5.89 Å². The fourth-order valence-electron chi connectivity index (χ4n) is 3.51. The molecule has 0 N–H and O–H groups in total. The van der Waals surface area contributed by atoms with Crippen LogP contribution in [0.2, 0.25) is 0 Å². The van der Waals surface area contributed by atoms with Gasteiger partial charge in [0.15, 0.2) is 0 Å². The van der Waals surface area contributed by atoms with Crippen molar-refractivity contribution in [3.8, 4) is 0 Å². The Morgan fingerprint density at radius 2 is 2.00 bits per heavy atom. The molecule has 124 valence electrons. The molecule has 6 heteroatoms. The van der Waals surface area contributed by atoms with Crippen molar-refractivity contribution in [2.24, 2.45) is 0 Å². The van der Waals surface area contributed by atoms with Gasteiger partial charge in [0.2, 0.25) is 11.8 Å². The summed E-state index contributed by atoms with van der Waals surface area (Å²) in [7, 11) is 0. The van der Waals surface area contributed by atoms with E-state index in [1.165, 1.54) is 12.8 Å². The van der Waals surface area contributed by atoms with Gasteiger partial charge in [0, 0.05) is 6.61 Å². The lowest BCUT2D eigenvalue weighted by Crippen LogP contribution is -2.33. The van der Waals surface area contributed by atoms with Crippen LogP contribution in [-0.2, 0) is 11.3 Å². The van der Waals surface area contributed by atoms with Crippen molar-refractivity contribution in [3.05, 3.63) is 35.4 Å². The number of furan rings is 1. The van der Waals surface area contributed by atoms with Crippen molar-refractivity contribution in [1.29, 1.82) is 0 Å². The van der Waals surface area contributed by atoms with Gasteiger partial charge in [-0.1, -0.05) is 6.42 Å². The highest BCUT2D eigenvalue weighted by Crippen LogP contribution is 2.34. The van der Waals surface area contributed by atoms with Crippen LogP contribution in [0.1, 0.15) is 67.6 Å². The Kier molecular flexibility index (Phi) is 4.18. The van der Waals surface area contributed by atoms with Gasteiger partial charge in [-0.3, -0.25) is 4.90 Å². The zero-order valence-corrected chi connectivity index (χ0v) is 13.5. The third-order valence-corrected chi connectivity index (χ3v) is 4.72. The maximum atomic E-state index is 5.96. The number of aromatic nitrogens is 2. The number of rotatable bonds is 4. The molecule has 2 atom stereocenters. The van der Waals surface area contributed by atoms with Crippen molar-refractivity contribution in [2.75, 3.05) is 13.2 Å². The molecule has 2 aromatic rings. The molecule has 0 amide bonds. The minimum absolute atomic E-state index is 0.0130. The topological polar surface area (TPSA) is 64.5 Å². The average molecular weight is 317 g/mol. The Morgan fingerprint density at radius 3 is 2.78 bits per heavy atom. The molecule has 2 aliphatic rings. The Balaban J connectivity index is 1.50. The van der Waals surface area contributed by atoms with Crippen LogP contribution in [0.15, 0.2) is 21.0 Å². The number of nitrogens with zero attached hydrogens (tertiary/aromatic N) is 3. The fourth-order valence-corrected chi connectivity index (χ4v) is 3.51. The highest BCUT2D eigenvalue weighted by molar-refractivity contribution is 5.06. The molecule has 4 heterocycles. The summed E-state index contributed by atoms with van der Waals surface area (Å²) in [5.74, 6) is 3.30. The van der Waals surface area contributed by atoms with Crippen LogP contribution in [0.5, 0.6) is 0 Å². The molecule has 6 nitrogen and oxygen atoms in total.